The van der Waals surface area contributed by atoms with Crippen LogP contribution >= 0.6 is 15.9 Å². The maximum Gasteiger partial charge on any atom is 0.147 e. The van der Waals surface area contributed by atoms with Crippen LogP contribution in [0.3, 0.4) is 0 Å². The van der Waals surface area contributed by atoms with Crippen molar-refractivity contribution in [1.29, 1.82) is 0 Å². The lowest BCUT2D eigenvalue weighted by Crippen LogP contribution is -2.02. The lowest BCUT2D eigenvalue weighted by atomic mass is 10.1. The Hall–Kier alpha value is -0.630. The van der Waals surface area contributed by atoms with Crippen LogP contribution < -0.4 is 0 Å². The van der Waals surface area contributed by atoms with Gasteiger partial charge in [0.25, 0.3) is 0 Å². The van der Waals surface area contributed by atoms with Gasteiger partial charge in [0.2, 0.25) is 0 Å². The van der Waals surface area contributed by atoms with E-state index in [1.807, 2.05) is 18.2 Å². The van der Waals surface area contributed by atoms with E-state index < -0.39 is 0 Å². The largest absolute Gasteiger partial charge is 0.298 e. The molecule has 2 atom stereocenters. The summed E-state index contributed by atoms with van der Waals surface area (Å²) in [6.45, 7) is 0. The summed E-state index contributed by atoms with van der Waals surface area (Å²) in [6, 6.07) is 10.3. The maximum atomic E-state index is 11.3. The minimum atomic E-state index is 0.279. The van der Waals surface area contributed by atoms with Crippen molar-refractivity contribution in [2.75, 3.05) is 5.33 Å². The molecule has 0 saturated heterocycles. The summed E-state index contributed by atoms with van der Waals surface area (Å²) in [5, 5.41) is 0.501. The molecule has 1 aromatic rings. The molecule has 2 rings (SSSR count). The highest BCUT2D eigenvalue weighted by atomic mass is 79.9. The number of carbonyl (C=O) groups excluding carboxylic acids is 1. The van der Waals surface area contributed by atoms with Gasteiger partial charge in [-0.25, -0.2) is 0 Å². The number of ketones is 1. The standard InChI is InChI=1S/C11H11BrO/c12-7-11(13)10-6-9(10)8-4-2-1-3-5-8/h1-5,9-10H,6-7H2. The van der Waals surface area contributed by atoms with Crippen LogP contribution in [-0.2, 0) is 4.79 Å². The molecule has 1 aliphatic carbocycles. The molecule has 0 aromatic heterocycles. The Balaban J connectivity index is 2.04. The topological polar surface area (TPSA) is 17.1 Å². The Bertz CT molecular complexity index is 307. The van der Waals surface area contributed by atoms with E-state index in [9.17, 15) is 4.79 Å². The number of hydrogen-bond donors (Lipinski definition) is 0. The van der Waals surface area contributed by atoms with Gasteiger partial charge in [-0.15, -0.1) is 0 Å². The number of carbonyl (C=O) groups is 1. The van der Waals surface area contributed by atoms with Crippen LogP contribution in [-0.4, -0.2) is 11.1 Å². The highest BCUT2D eigenvalue weighted by Gasteiger charge is 2.42. The molecule has 2 heteroatoms. The van der Waals surface area contributed by atoms with Crippen LogP contribution in [0.25, 0.3) is 0 Å². The van der Waals surface area contributed by atoms with Crippen LogP contribution in [0.15, 0.2) is 30.3 Å². The average Bonchev–Trinajstić information content (AvgIpc) is 2.98. The van der Waals surface area contributed by atoms with Crippen LogP contribution in [0, 0.1) is 5.92 Å². The fourth-order valence-electron chi connectivity index (χ4n) is 1.72. The molecule has 0 heterocycles. The molecule has 0 amide bonds. The fraction of sp³-hybridized carbons (Fsp3) is 0.364. The van der Waals surface area contributed by atoms with Gasteiger partial charge in [-0.3, -0.25) is 4.79 Å². The first-order valence-corrected chi connectivity index (χ1v) is 5.58. The fourth-order valence-corrected chi connectivity index (χ4v) is 2.13. The van der Waals surface area contributed by atoms with Crippen LogP contribution in [0.2, 0.25) is 0 Å². The van der Waals surface area contributed by atoms with Gasteiger partial charge in [-0.2, -0.15) is 0 Å². The Kier molecular flexibility index (Phi) is 2.49. The number of alkyl halides is 1. The molecule has 0 spiro atoms. The van der Waals surface area contributed by atoms with E-state index in [1.165, 1.54) is 5.56 Å². The van der Waals surface area contributed by atoms with Crippen LogP contribution in [0.1, 0.15) is 17.9 Å². The van der Waals surface area contributed by atoms with Crippen molar-refractivity contribution >= 4 is 21.7 Å². The molecule has 1 fully saturated rings. The van der Waals surface area contributed by atoms with E-state index in [2.05, 4.69) is 28.1 Å². The third kappa shape index (κ3) is 1.83. The Labute approximate surface area is 86.3 Å². The summed E-state index contributed by atoms with van der Waals surface area (Å²) in [4.78, 5) is 11.3. The van der Waals surface area contributed by atoms with E-state index in [0.29, 0.717) is 17.0 Å². The zero-order valence-electron chi connectivity index (χ0n) is 7.24. The van der Waals surface area contributed by atoms with Gasteiger partial charge in [0.15, 0.2) is 0 Å². The number of halogens is 1. The SMILES string of the molecule is O=C(CBr)C1CC1c1ccccc1. The average molecular weight is 239 g/mol. The molecule has 2 unspecified atom stereocenters. The zero-order valence-corrected chi connectivity index (χ0v) is 8.83. The monoisotopic (exact) mass is 238 g/mol. The van der Waals surface area contributed by atoms with E-state index in [4.69, 9.17) is 0 Å². The zero-order chi connectivity index (χ0) is 9.26. The Morgan fingerprint density at radius 1 is 1.38 bits per heavy atom. The van der Waals surface area contributed by atoms with E-state index in [1.54, 1.807) is 0 Å². The predicted octanol–water partition coefficient (Wildman–Crippen LogP) is 2.75. The van der Waals surface area contributed by atoms with E-state index in [0.717, 1.165) is 6.42 Å². The van der Waals surface area contributed by atoms with Gasteiger partial charge in [0.1, 0.15) is 5.78 Å². The molecule has 1 aromatic carbocycles. The third-order valence-electron chi connectivity index (χ3n) is 2.56. The van der Waals surface area contributed by atoms with Crippen molar-refractivity contribution in [1.82, 2.24) is 0 Å². The summed E-state index contributed by atoms with van der Waals surface area (Å²) in [6.07, 6.45) is 1.04. The van der Waals surface area contributed by atoms with Gasteiger partial charge < -0.3 is 0 Å². The van der Waals surface area contributed by atoms with Crippen molar-refractivity contribution < 1.29 is 4.79 Å². The van der Waals surface area contributed by atoms with Crippen molar-refractivity contribution in [2.24, 2.45) is 5.92 Å². The first kappa shape index (κ1) is 8.95. The second-order valence-corrected chi connectivity index (χ2v) is 4.02. The molecule has 0 radical (unpaired) electrons. The smallest absolute Gasteiger partial charge is 0.147 e. The minimum absolute atomic E-state index is 0.279. The van der Waals surface area contributed by atoms with Crippen molar-refractivity contribution in [3.05, 3.63) is 35.9 Å². The third-order valence-corrected chi connectivity index (χ3v) is 3.12. The molecular weight excluding hydrogens is 228 g/mol. The first-order chi connectivity index (χ1) is 6.33. The quantitative estimate of drug-likeness (QED) is 0.741. The van der Waals surface area contributed by atoms with Crippen molar-refractivity contribution in [3.63, 3.8) is 0 Å². The van der Waals surface area contributed by atoms with Crippen LogP contribution in [0.5, 0.6) is 0 Å². The minimum Gasteiger partial charge on any atom is -0.298 e. The van der Waals surface area contributed by atoms with Gasteiger partial charge in [-0.05, 0) is 17.9 Å². The summed E-state index contributed by atoms with van der Waals surface area (Å²) in [5.74, 6) is 1.11. The number of rotatable bonds is 3. The summed E-state index contributed by atoms with van der Waals surface area (Å²) in [5.41, 5.74) is 1.31. The second kappa shape index (κ2) is 3.62. The molecular formula is C11H11BrO. The summed E-state index contributed by atoms with van der Waals surface area (Å²) in [7, 11) is 0. The van der Waals surface area contributed by atoms with Crippen molar-refractivity contribution in [3.8, 4) is 0 Å². The van der Waals surface area contributed by atoms with Gasteiger partial charge >= 0.3 is 0 Å². The summed E-state index contributed by atoms with van der Waals surface area (Å²) < 4.78 is 0. The molecule has 1 aliphatic rings. The van der Waals surface area contributed by atoms with Gasteiger partial charge in [0.05, 0.1) is 5.33 Å². The van der Waals surface area contributed by atoms with Gasteiger partial charge in [-0.1, -0.05) is 46.3 Å². The molecule has 0 aliphatic heterocycles. The van der Waals surface area contributed by atoms with Gasteiger partial charge in [0, 0.05) is 5.92 Å². The second-order valence-electron chi connectivity index (χ2n) is 3.46. The highest BCUT2D eigenvalue weighted by Crippen LogP contribution is 2.47. The Morgan fingerprint density at radius 3 is 2.69 bits per heavy atom. The predicted molar refractivity (Wildman–Crippen MR) is 56.1 cm³/mol. The van der Waals surface area contributed by atoms with Crippen LogP contribution in [0.4, 0.5) is 0 Å². The maximum absolute atomic E-state index is 11.3. The molecule has 13 heavy (non-hydrogen) atoms. The Morgan fingerprint density at radius 2 is 2.08 bits per heavy atom. The first-order valence-electron chi connectivity index (χ1n) is 4.46. The highest BCUT2D eigenvalue weighted by molar-refractivity contribution is 9.09. The lowest BCUT2D eigenvalue weighted by Gasteiger charge is -1.97. The molecule has 0 bridgehead atoms. The number of benzene rings is 1. The number of Topliss-reactive ketones (excluding diaryl/α,β-unsaturated/α-hetero) is 1. The summed E-state index contributed by atoms with van der Waals surface area (Å²) >= 11 is 3.21. The van der Waals surface area contributed by atoms with E-state index in [-0.39, 0.29) is 5.92 Å². The molecule has 1 saturated carbocycles. The normalized spacial score (nSPS) is 25.6. The number of hydrogen-bond acceptors (Lipinski definition) is 1. The van der Waals surface area contributed by atoms with Crippen molar-refractivity contribution in [2.45, 2.75) is 12.3 Å². The molecule has 1 nitrogen and oxygen atoms in total. The molecule has 0 N–H and O–H groups in total. The lowest BCUT2D eigenvalue weighted by molar-refractivity contribution is -0.117. The molecule has 68 valence electrons. The van der Waals surface area contributed by atoms with E-state index >= 15 is 0 Å².